The van der Waals surface area contributed by atoms with E-state index in [4.69, 9.17) is 9.97 Å². The van der Waals surface area contributed by atoms with Gasteiger partial charge in [0.15, 0.2) is 0 Å². The van der Waals surface area contributed by atoms with Gasteiger partial charge in [-0.15, -0.1) is 11.3 Å². The molecule has 3 heterocycles. The quantitative estimate of drug-likeness (QED) is 0.224. The predicted octanol–water partition coefficient (Wildman–Crippen LogP) is 9.91. The van der Waals surface area contributed by atoms with Gasteiger partial charge in [0.05, 0.1) is 26.9 Å². The fraction of sp³-hybridized carbons (Fsp3) is 0. The molecule has 0 radical (unpaired) electrons. The summed E-state index contributed by atoms with van der Waals surface area (Å²) in [5.74, 6) is 0.696. The Labute approximate surface area is 233 Å². The van der Waals surface area contributed by atoms with Crippen LogP contribution >= 0.6 is 11.3 Å². The molecule has 9 rings (SSSR count). The number of para-hydroxylation sites is 1. The second kappa shape index (κ2) is 8.22. The molecule has 40 heavy (non-hydrogen) atoms. The number of rotatable bonds is 2. The van der Waals surface area contributed by atoms with Gasteiger partial charge < -0.3 is 0 Å². The van der Waals surface area contributed by atoms with Crippen LogP contribution in [0.25, 0.3) is 80.9 Å². The molecule has 4 heteroatoms. The molecular formula is C36H21N3S. The molecule has 3 aromatic heterocycles. The summed E-state index contributed by atoms with van der Waals surface area (Å²) >= 11 is 1.77. The molecule has 0 saturated carbocycles. The molecule has 0 atom stereocenters. The number of benzene rings is 6. The third-order valence-electron chi connectivity index (χ3n) is 8.01. The highest BCUT2D eigenvalue weighted by molar-refractivity contribution is 7.26. The van der Waals surface area contributed by atoms with E-state index in [9.17, 15) is 0 Å². The van der Waals surface area contributed by atoms with Crippen molar-refractivity contribution < 1.29 is 0 Å². The minimum Gasteiger partial charge on any atom is -0.277 e. The van der Waals surface area contributed by atoms with Crippen LogP contribution in [0.2, 0.25) is 0 Å². The van der Waals surface area contributed by atoms with E-state index in [1.165, 1.54) is 42.4 Å². The Morgan fingerprint density at radius 2 is 1.18 bits per heavy atom. The zero-order valence-electron chi connectivity index (χ0n) is 21.4. The molecule has 0 saturated heterocycles. The summed E-state index contributed by atoms with van der Waals surface area (Å²) in [5.41, 5.74) is 5.35. The molecule has 0 aliphatic carbocycles. The van der Waals surface area contributed by atoms with Crippen molar-refractivity contribution in [3.05, 3.63) is 127 Å². The number of hydrogen-bond acceptors (Lipinski definition) is 3. The molecule has 9 aromatic rings. The fourth-order valence-corrected chi connectivity index (χ4v) is 7.38. The van der Waals surface area contributed by atoms with Gasteiger partial charge in [0.25, 0.3) is 0 Å². The van der Waals surface area contributed by atoms with Gasteiger partial charge in [-0.2, -0.15) is 0 Å². The minimum absolute atomic E-state index is 0.696. The largest absolute Gasteiger partial charge is 0.277 e. The van der Waals surface area contributed by atoms with Crippen LogP contribution in [0.5, 0.6) is 0 Å². The zero-order valence-corrected chi connectivity index (χ0v) is 22.2. The van der Waals surface area contributed by atoms with Crippen molar-refractivity contribution in [2.75, 3.05) is 0 Å². The Morgan fingerprint density at radius 3 is 2.05 bits per heavy atom. The van der Waals surface area contributed by atoms with Crippen molar-refractivity contribution in [3.63, 3.8) is 0 Å². The highest BCUT2D eigenvalue weighted by Gasteiger charge is 2.21. The van der Waals surface area contributed by atoms with Gasteiger partial charge in [0.1, 0.15) is 0 Å². The minimum atomic E-state index is 0.696. The first-order valence-electron chi connectivity index (χ1n) is 13.4. The van der Waals surface area contributed by atoms with Gasteiger partial charge in [0, 0.05) is 31.8 Å². The van der Waals surface area contributed by atoms with E-state index in [1.54, 1.807) is 11.3 Å². The van der Waals surface area contributed by atoms with Crippen molar-refractivity contribution in [2.45, 2.75) is 0 Å². The van der Waals surface area contributed by atoms with Crippen LogP contribution < -0.4 is 0 Å². The van der Waals surface area contributed by atoms with Crippen LogP contribution in [0.4, 0.5) is 0 Å². The number of hydrogen-bond donors (Lipinski definition) is 0. The summed E-state index contributed by atoms with van der Waals surface area (Å²) in [4.78, 5) is 10.8. The van der Waals surface area contributed by atoms with E-state index in [-0.39, 0.29) is 0 Å². The maximum atomic E-state index is 5.43. The van der Waals surface area contributed by atoms with Gasteiger partial charge in [-0.3, -0.25) is 4.57 Å². The molecule has 3 nitrogen and oxygen atoms in total. The lowest BCUT2D eigenvalue weighted by Gasteiger charge is -2.12. The Balaban J connectivity index is 1.49. The molecule has 0 aliphatic rings. The molecule has 0 spiro atoms. The fourth-order valence-electron chi connectivity index (χ4n) is 6.23. The zero-order chi connectivity index (χ0) is 26.2. The average Bonchev–Trinajstić information content (AvgIpc) is 3.56. The van der Waals surface area contributed by atoms with E-state index in [0.717, 1.165) is 32.5 Å². The molecule has 6 aromatic carbocycles. The molecular weight excluding hydrogens is 506 g/mol. The van der Waals surface area contributed by atoms with Crippen molar-refractivity contribution in [2.24, 2.45) is 0 Å². The topological polar surface area (TPSA) is 30.7 Å². The molecule has 0 fully saturated rings. The van der Waals surface area contributed by atoms with Crippen LogP contribution in [0.1, 0.15) is 0 Å². The summed E-state index contributed by atoms with van der Waals surface area (Å²) in [6.07, 6.45) is 0. The van der Waals surface area contributed by atoms with Crippen LogP contribution in [-0.2, 0) is 0 Å². The van der Waals surface area contributed by atoms with Crippen LogP contribution in [0.15, 0.2) is 127 Å². The average molecular weight is 528 g/mol. The van der Waals surface area contributed by atoms with Crippen molar-refractivity contribution >= 4 is 75.0 Å². The third kappa shape index (κ3) is 2.99. The number of thiophene rings is 1. The van der Waals surface area contributed by atoms with E-state index < -0.39 is 0 Å². The van der Waals surface area contributed by atoms with Gasteiger partial charge >= 0.3 is 0 Å². The first-order chi connectivity index (χ1) is 19.8. The van der Waals surface area contributed by atoms with Crippen molar-refractivity contribution in [1.82, 2.24) is 14.5 Å². The van der Waals surface area contributed by atoms with E-state index in [0.29, 0.717) is 5.95 Å². The van der Waals surface area contributed by atoms with Gasteiger partial charge in [-0.05, 0) is 28.3 Å². The molecule has 0 amide bonds. The van der Waals surface area contributed by atoms with Crippen LogP contribution in [-0.4, -0.2) is 14.5 Å². The Bertz CT molecular complexity index is 2440. The Hall–Kier alpha value is -5.06. The maximum Gasteiger partial charge on any atom is 0.235 e. The first kappa shape index (κ1) is 21.8. The van der Waals surface area contributed by atoms with Crippen LogP contribution in [0.3, 0.4) is 0 Å². The van der Waals surface area contributed by atoms with Gasteiger partial charge in [-0.25, -0.2) is 9.97 Å². The normalized spacial score (nSPS) is 12.0. The van der Waals surface area contributed by atoms with E-state index in [1.807, 2.05) is 0 Å². The first-order valence-corrected chi connectivity index (χ1v) is 14.3. The smallest absolute Gasteiger partial charge is 0.235 e. The SMILES string of the molecule is c1ccc2c(-c3nc(-n4c5ccccc5c5ccc6ccccc6c54)nc4c3sc3ccccc34)cccc2c1. The highest BCUT2D eigenvalue weighted by Crippen LogP contribution is 2.42. The van der Waals surface area contributed by atoms with E-state index in [2.05, 4.69) is 132 Å². The lowest BCUT2D eigenvalue weighted by atomic mass is 10.0. The molecule has 0 bridgehead atoms. The summed E-state index contributed by atoms with van der Waals surface area (Å²) in [5, 5.41) is 8.38. The number of nitrogens with zero attached hydrogens (tertiary/aromatic N) is 3. The van der Waals surface area contributed by atoms with Gasteiger partial charge in [0.2, 0.25) is 5.95 Å². The number of aromatic nitrogens is 3. The summed E-state index contributed by atoms with van der Waals surface area (Å²) in [6, 6.07) is 45.3. The Morgan fingerprint density at radius 1 is 0.500 bits per heavy atom. The second-order valence-electron chi connectivity index (χ2n) is 10.2. The van der Waals surface area contributed by atoms with Crippen LogP contribution in [0, 0.1) is 0 Å². The third-order valence-corrected chi connectivity index (χ3v) is 9.18. The lowest BCUT2D eigenvalue weighted by molar-refractivity contribution is 1.02. The summed E-state index contributed by atoms with van der Waals surface area (Å²) < 4.78 is 4.61. The number of fused-ring (bicyclic) bond motifs is 9. The lowest BCUT2D eigenvalue weighted by Crippen LogP contribution is -2.03. The predicted molar refractivity (Wildman–Crippen MR) is 170 cm³/mol. The summed E-state index contributed by atoms with van der Waals surface area (Å²) in [6.45, 7) is 0. The molecule has 186 valence electrons. The van der Waals surface area contributed by atoms with Gasteiger partial charge in [-0.1, -0.05) is 115 Å². The molecule has 0 unspecified atom stereocenters. The van der Waals surface area contributed by atoms with E-state index >= 15 is 0 Å². The maximum absolute atomic E-state index is 5.43. The molecule has 0 aliphatic heterocycles. The summed E-state index contributed by atoms with van der Waals surface area (Å²) in [7, 11) is 0. The second-order valence-corrected chi connectivity index (χ2v) is 11.3. The van der Waals surface area contributed by atoms with Crippen molar-refractivity contribution in [1.29, 1.82) is 0 Å². The highest BCUT2D eigenvalue weighted by atomic mass is 32.1. The standard InChI is InChI=1S/C36H21N3S/c1-3-13-24-22(10-1)12-9-17-27(24)32-35-33(29-16-6-8-19-31(29)40-35)38-36(37-32)39-30-18-7-5-15-26(30)28-21-20-23-11-2-4-14-25(23)34(28)39/h1-21H. The molecule has 0 N–H and O–H groups in total. The monoisotopic (exact) mass is 527 g/mol. The van der Waals surface area contributed by atoms with Crippen molar-refractivity contribution in [3.8, 4) is 17.2 Å². The Kier molecular flexibility index (Phi) is 4.48.